The molecule has 2 heterocycles. The van der Waals surface area contributed by atoms with Gasteiger partial charge in [-0.3, -0.25) is 0 Å². The van der Waals surface area contributed by atoms with Gasteiger partial charge in [0.15, 0.2) is 0 Å². The number of rotatable bonds is 1. The summed E-state index contributed by atoms with van der Waals surface area (Å²) in [6.07, 6.45) is 0. The van der Waals surface area contributed by atoms with Crippen molar-refractivity contribution in [3.8, 4) is 11.3 Å². The van der Waals surface area contributed by atoms with E-state index in [-0.39, 0.29) is 0 Å². The van der Waals surface area contributed by atoms with E-state index in [1.165, 1.54) is 5.56 Å². The Balaban J connectivity index is 2.32. The van der Waals surface area contributed by atoms with Crippen molar-refractivity contribution in [1.29, 1.82) is 0 Å². The van der Waals surface area contributed by atoms with Crippen LogP contribution in [0.3, 0.4) is 0 Å². The third kappa shape index (κ3) is 1.49. The molecule has 0 radical (unpaired) electrons. The number of nitrogens with one attached hydrogen (secondary N) is 1. The average Bonchev–Trinajstić information content (AvgIpc) is 2.80. The first-order valence-corrected chi connectivity index (χ1v) is 5.46. The van der Waals surface area contributed by atoms with E-state index >= 15 is 0 Å². The van der Waals surface area contributed by atoms with Crippen LogP contribution in [-0.4, -0.2) is 10.1 Å². The minimum Gasteiger partial charge on any atom is -0.368 e. The molecule has 3 aromatic rings. The molecule has 0 aliphatic carbocycles. The van der Waals surface area contributed by atoms with Crippen molar-refractivity contribution in [2.75, 3.05) is 5.73 Å². The minimum absolute atomic E-state index is 0.334. The maximum Gasteiger partial charge on any atom is 0.222 e. The van der Waals surface area contributed by atoms with E-state index in [1.807, 2.05) is 6.92 Å². The molecule has 0 unspecified atom stereocenters. The quantitative estimate of drug-likeness (QED) is 0.671. The Morgan fingerprint density at radius 3 is 2.76 bits per heavy atom. The van der Waals surface area contributed by atoms with Gasteiger partial charge in [0, 0.05) is 28.2 Å². The first-order chi connectivity index (χ1) is 8.15. The molecule has 0 saturated heterocycles. The lowest BCUT2D eigenvalue weighted by Crippen LogP contribution is -1.79. The van der Waals surface area contributed by atoms with Crippen LogP contribution in [0.1, 0.15) is 11.3 Å². The van der Waals surface area contributed by atoms with Crippen molar-refractivity contribution in [2.24, 2.45) is 0 Å². The van der Waals surface area contributed by atoms with Crippen LogP contribution in [0.4, 0.5) is 5.88 Å². The highest BCUT2D eigenvalue weighted by Crippen LogP contribution is 2.32. The normalized spacial score (nSPS) is 11.2. The summed E-state index contributed by atoms with van der Waals surface area (Å²) >= 11 is 0. The third-order valence-corrected chi connectivity index (χ3v) is 2.93. The van der Waals surface area contributed by atoms with Crippen LogP contribution in [0.25, 0.3) is 22.2 Å². The molecule has 0 amide bonds. The smallest absolute Gasteiger partial charge is 0.222 e. The van der Waals surface area contributed by atoms with Gasteiger partial charge < -0.3 is 15.2 Å². The molecule has 0 saturated carbocycles. The molecule has 0 aliphatic heterocycles. The number of aromatic nitrogens is 2. The number of fused-ring (bicyclic) bond motifs is 1. The number of hydrogen-bond donors (Lipinski definition) is 2. The first-order valence-electron chi connectivity index (χ1n) is 5.46. The van der Waals surface area contributed by atoms with Gasteiger partial charge in [-0.1, -0.05) is 17.3 Å². The van der Waals surface area contributed by atoms with E-state index in [2.05, 4.69) is 35.3 Å². The molecule has 0 bridgehead atoms. The number of aromatic amines is 1. The number of H-pyrrole nitrogens is 1. The Labute approximate surface area is 98.4 Å². The van der Waals surface area contributed by atoms with Gasteiger partial charge in [0.25, 0.3) is 0 Å². The summed E-state index contributed by atoms with van der Waals surface area (Å²) in [5.74, 6) is 0.334. The molecule has 1 aromatic carbocycles. The molecule has 3 N–H and O–H groups in total. The van der Waals surface area contributed by atoms with E-state index in [4.69, 9.17) is 10.3 Å². The van der Waals surface area contributed by atoms with E-state index < -0.39 is 0 Å². The van der Waals surface area contributed by atoms with Crippen molar-refractivity contribution in [1.82, 2.24) is 10.1 Å². The number of hydrogen-bond acceptors (Lipinski definition) is 3. The Kier molecular flexibility index (Phi) is 1.98. The second kappa shape index (κ2) is 3.38. The summed E-state index contributed by atoms with van der Waals surface area (Å²) < 4.78 is 4.93. The Morgan fingerprint density at radius 1 is 1.24 bits per heavy atom. The summed E-state index contributed by atoms with van der Waals surface area (Å²) in [5.41, 5.74) is 10.8. The number of nitrogen functional groups attached to an aromatic ring is 1. The lowest BCUT2D eigenvalue weighted by Gasteiger charge is -1.96. The van der Waals surface area contributed by atoms with Crippen molar-refractivity contribution >= 4 is 16.8 Å². The van der Waals surface area contributed by atoms with Crippen molar-refractivity contribution in [3.63, 3.8) is 0 Å². The van der Waals surface area contributed by atoms with Crippen LogP contribution in [0, 0.1) is 13.8 Å². The summed E-state index contributed by atoms with van der Waals surface area (Å²) in [5, 5.41) is 5.11. The molecule has 4 nitrogen and oxygen atoms in total. The molecular weight excluding hydrogens is 214 g/mol. The molecule has 86 valence electrons. The summed E-state index contributed by atoms with van der Waals surface area (Å²) in [6, 6.07) is 8.04. The highest BCUT2D eigenvalue weighted by atomic mass is 16.5. The SMILES string of the molecule is Cc1ccc2c(-c3cc(N)on3)c(C)[nH]c2c1. The average molecular weight is 227 g/mol. The van der Waals surface area contributed by atoms with Gasteiger partial charge >= 0.3 is 0 Å². The maximum absolute atomic E-state index is 5.56. The fraction of sp³-hybridized carbons (Fsp3) is 0.154. The fourth-order valence-electron chi connectivity index (χ4n) is 2.18. The summed E-state index contributed by atoms with van der Waals surface area (Å²) in [4.78, 5) is 3.35. The minimum atomic E-state index is 0.334. The van der Waals surface area contributed by atoms with Crippen molar-refractivity contribution < 1.29 is 4.52 Å². The number of aryl methyl sites for hydroxylation is 2. The fourth-order valence-corrected chi connectivity index (χ4v) is 2.18. The highest BCUT2D eigenvalue weighted by Gasteiger charge is 2.13. The van der Waals surface area contributed by atoms with Gasteiger partial charge in [-0.2, -0.15) is 0 Å². The van der Waals surface area contributed by atoms with Crippen LogP contribution >= 0.6 is 0 Å². The second-order valence-corrected chi connectivity index (χ2v) is 4.29. The van der Waals surface area contributed by atoms with E-state index in [0.717, 1.165) is 27.9 Å². The van der Waals surface area contributed by atoms with E-state index in [0.29, 0.717) is 5.88 Å². The Hall–Kier alpha value is -2.23. The van der Waals surface area contributed by atoms with E-state index in [1.54, 1.807) is 6.07 Å². The first kappa shape index (κ1) is 9.96. The standard InChI is InChI=1S/C13H13N3O/c1-7-3-4-9-10(5-7)15-8(2)13(9)11-6-12(14)17-16-11/h3-6,15H,14H2,1-2H3. The molecule has 0 atom stereocenters. The van der Waals surface area contributed by atoms with Gasteiger partial charge in [-0.25, -0.2) is 0 Å². The number of benzene rings is 1. The molecule has 0 spiro atoms. The van der Waals surface area contributed by atoms with Gasteiger partial charge in [0.05, 0.1) is 0 Å². The zero-order chi connectivity index (χ0) is 12.0. The highest BCUT2D eigenvalue weighted by molar-refractivity contribution is 5.96. The van der Waals surface area contributed by atoms with Crippen molar-refractivity contribution in [2.45, 2.75) is 13.8 Å². The Bertz CT molecular complexity index is 694. The monoisotopic (exact) mass is 227 g/mol. The van der Waals surface area contributed by atoms with Gasteiger partial charge in [-0.15, -0.1) is 0 Å². The third-order valence-electron chi connectivity index (χ3n) is 2.93. The molecule has 3 rings (SSSR count). The van der Waals surface area contributed by atoms with Crippen LogP contribution in [0.15, 0.2) is 28.8 Å². The second-order valence-electron chi connectivity index (χ2n) is 4.29. The summed E-state index contributed by atoms with van der Waals surface area (Å²) in [7, 11) is 0. The lowest BCUT2D eigenvalue weighted by molar-refractivity contribution is 0.439. The molecule has 0 fully saturated rings. The van der Waals surface area contributed by atoms with Crippen LogP contribution < -0.4 is 5.73 Å². The number of nitrogens with zero attached hydrogens (tertiary/aromatic N) is 1. The largest absolute Gasteiger partial charge is 0.368 e. The zero-order valence-corrected chi connectivity index (χ0v) is 9.74. The van der Waals surface area contributed by atoms with Crippen LogP contribution in [0.2, 0.25) is 0 Å². The lowest BCUT2D eigenvalue weighted by atomic mass is 10.1. The van der Waals surface area contributed by atoms with Crippen LogP contribution in [-0.2, 0) is 0 Å². The number of nitrogens with two attached hydrogens (primary N) is 1. The Morgan fingerprint density at radius 2 is 2.06 bits per heavy atom. The predicted octanol–water partition coefficient (Wildman–Crippen LogP) is 3.02. The van der Waals surface area contributed by atoms with E-state index in [9.17, 15) is 0 Å². The van der Waals surface area contributed by atoms with Gasteiger partial charge in [0.2, 0.25) is 5.88 Å². The van der Waals surface area contributed by atoms with Gasteiger partial charge in [0.1, 0.15) is 5.69 Å². The molecule has 0 aliphatic rings. The zero-order valence-electron chi connectivity index (χ0n) is 9.74. The molecular formula is C13H13N3O. The maximum atomic E-state index is 5.56. The molecule has 4 heteroatoms. The molecule has 17 heavy (non-hydrogen) atoms. The topological polar surface area (TPSA) is 67.8 Å². The number of anilines is 1. The van der Waals surface area contributed by atoms with Gasteiger partial charge in [-0.05, 0) is 25.5 Å². The van der Waals surface area contributed by atoms with Crippen molar-refractivity contribution in [3.05, 3.63) is 35.5 Å². The molecule has 2 aromatic heterocycles. The van der Waals surface area contributed by atoms with Crippen LogP contribution in [0.5, 0.6) is 0 Å². The predicted molar refractivity (Wildman–Crippen MR) is 67.7 cm³/mol. The summed E-state index contributed by atoms with van der Waals surface area (Å²) in [6.45, 7) is 4.10.